The van der Waals surface area contributed by atoms with Crippen molar-refractivity contribution >= 4 is 33.6 Å². The molecule has 2 aromatic carbocycles. The number of halogens is 1. The molecule has 0 aromatic heterocycles. The highest BCUT2D eigenvalue weighted by Crippen LogP contribution is 2.42. The Kier molecular flexibility index (Phi) is 5.89. The van der Waals surface area contributed by atoms with Gasteiger partial charge in [-0.2, -0.15) is 0 Å². The highest BCUT2D eigenvalue weighted by Gasteiger charge is 2.36. The molecule has 0 radical (unpaired) electrons. The molecule has 2 aromatic rings. The first-order valence-corrected chi connectivity index (χ1v) is 9.16. The minimum atomic E-state index is -0.808. The molecule has 8 heteroatoms. The summed E-state index contributed by atoms with van der Waals surface area (Å²) in [4.78, 5) is 25.2. The average Bonchev–Trinajstić information content (AvgIpc) is 2.72. The summed E-state index contributed by atoms with van der Waals surface area (Å²) < 4.78 is 16.6. The summed E-state index contributed by atoms with van der Waals surface area (Å²) in [5.74, 6) is 0.300. The van der Waals surface area contributed by atoms with Gasteiger partial charge in [-0.05, 0) is 17.7 Å². The minimum Gasteiger partial charge on any atom is -0.493 e. The van der Waals surface area contributed by atoms with E-state index in [1.165, 1.54) is 21.3 Å². The van der Waals surface area contributed by atoms with Gasteiger partial charge in [0.15, 0.2) is 11.5 Å². The summed E-state index contributed by atoms with van der Waals surface area (Å²) in [6, 6.07) is 11.4. The molecule has 2 N–H and O–H groups in total. The van der Waals surface area contributed by atoms with E-state index in [1.807, 2.05) is 18.2 Å². The molecule has 1 aliphatic heterocycles. The summed E-state index contributed by atoms with van der Waals surface area (Å²) in [5.41, 5.74) is 1.87. The summed E-state index contributed by atoms with van der Waals surface area (Å²) in [7, 11) is 4.31. The van der Waals surface area contributed by atoms with E-state index >= 15 is 0 Å². The first-order chi connectivity index (χ1) is 13.5. The van der Waals surface area contributed by atoms with Crippen molar-refractivity contribution in [3.8, 4) is 11.5 Å². The number of hydrogen-bond acceptors (Lipinski definition) is 5. The fraction of sp³-hybridized carbons (Fsp3) is 0.200. The minimum absolute atomic E-state index is 0.256. The number of benzene rings is 2. The van der Waals surface area contributed by atoms with Crippen molar-refractivity contribution in [1.29, 1.82) is 0 Å². The van der Waals surface area contributed by atoms with Gasteiger partial charge in [-0.1, -0.05) is 46.3 Å². The first kappa shape index (κ1) is 19.8. The van der Waals surface area contributed by atoms with Crippen molar-refractivity contribution in [3.05, 3.63) is 63.6 Å². The van der Waals surface area contributed by atoms with Gasteiger partial charge >= 0.3 is 12.0 Å². The second kappa shape index (κ2) is 8.35. The molecule has 1 atom stereocenters. The molecule has 1 unspecified atom stereocenters. The van der Waals surface area contributed by atoms with Crippen molar-refractivity contribution in [2.75, 3.05) is 21.3 Å². The molecule has 0 fully saturated rings. The fourth-order valence-electron chi connectivity index (χ4n) is 3.13. The monoisotopic (exact) mass is 446 g/mol. The molecule has 1 aliphatic rings. The van der Waals surface area contributed by atoms with Gasteiger partial charge in [0.2, 0.25) is 0 Å². The largest absolute Gasteiger partial charge is 0.493 e. The van der Waals surface area contributed by atoms with Crippen LogP contribution in [0, 0.1) is 0 Å². The van der Waals surface area contributed by atoms with Crippen LogP contribution in [0.25, 0.3) is 5.70 Å². The predicted octanol–water partition coefficient (Wildman–Crippen LogP) is 3.40. The third kappa shape index (κ3) is 3.68. The smallest absolute Gasteiger partial charge is 0.338 e. The maximum Gasteiger partial charge on any atom is 0.338 e. The molecule has 3 rings (SSSR count). The normalized spacial score (nSPS) is 16.1. The first-order valence-electron chi connectivity index (χ1n) is 8.37. The van der Waals surface area contributed by atoms with Gasteiger partial charge in [-0.15, -0.1) is 0 Å². The molecule has 28 heavy (non-hydrogen) atoms. The number of ether oxygens (including phenoxy) is 3. The number of amides is 2. The van der Waals surface area contributed by atoms with Crippen LogP contribution in [0.15, 0.2) is 52.5 Å². The maximum absolute atomic E-state index is 12.7. The number of carbonyl (C=O) groups is 2. The lowest BCUT2D eigenvalue weighted by molar-refractivity contribution is -0.136. The van der Waals surface area contributed by atoms with E-state index < -0.39 is 18.0 Å². The lowest BCUT2D eigenvalue weighted by Crippen LogP contribution is -2.45. The van der Waals surface area contributed by atoms with Crippen LogP contribution in [0.2, 0.25) is 0 Å². The number of hydrogen-bond donors (Lipinski definition) is 2. The molecule has 0 spiro atoms. The molecule has 0 bridgehead atoms. The predicted molar refractivity (Wildman–Crippen MR) is 107 cm³/mol. The van der Waals surface area contributed by atoms with E-state index in [9.17, 15) is 9.59 Å². The zero-order valence-corrected chi connectivity index (χ0v) is 17.1. The Hall–Kier alpha value is -3.00. The lowest BCUT2D eigenvalue weighted by atomic mass is 9.92. The Labute approximate surface area is 170 Å². The van der Waals surface area contributed by atoms with Crippen LogP contribution in [-0.2, 0) is 9.53 Å². The molecule has 0 saturated heterocycles. The van der Waals surface area contributed by atoms with Crippen LogP contribution in [0.3, 0.4) is 0 Å². The third-order valence-corrected chi connectivity index (χ3v) is 4.78. The highest BCUT2D eigenvalue weighted by molar-refractivity contribution is 9.10. The molecule has 0 saturated carbocycles. The molecule has 0 aliphatic carbocycles. The Bertz CT molecular complexity index is 943. The summed E-state index contributed by atoms with van der Waals surface area (Å²) in [6.07, 6.45) is 0. The van der Waals surface area contributed by atoms with Gasteiger partial charge in [0, 0.05) is 10.0 Å². The average molecular weight is 447 g/mol. The number of methoxy groups -OCH3 is 3. The SMILES string of the molecule is COC(=O)C1=C(c2ccccc2)NC(=O)NC1c1cc(Br)cc(OC)c1OC. The molecular weight excluding hydrogens is 428 g/mol. The standard InChI is InChI=1S/C20H19BrN2O5/c1-26-14-10-12(21)9-13(18(14)27-2)17-15(19(24)28-3)16(22-20(25)23-17)11-7-5-4-6-8-11/h4-10,17H,1-3H3,(H2,22,23,25). The van der Waals surface area contributed by atoms with E-state index in [2.05, 4.69) is 26.6 Å². The van der Waals surface area contributed by atoms with E-state index in [1.54, 1.807) is 24.3 Å². The number of esters is 1. The van der Waals surface area contributed by atoms with Crippen LogP contribution in [0.4, 0.5) is 4.79 Å². The molecular formula is C20H19BrN2O5. The van der Waals surface area contributed by atoms with E-state index in [4.69, 9.17) is 14.2 Å². The van der Waals surface area contributed by atoms with Gasteiger partial charge in [0.25, 0.3) is 0 Å². The zero-order chi connectivity index (χ0) is 20.3. The van der Waals surface area contributed by atoms with Gasteiger partial charge in [0.1, 0.15) is 0 Å². The van der Waals surface area contributed by atoms with Crippen LogP contribution in [0.1, 0.15) is 17.2 Å². The van der Waals surface area contributed by atoms with Crippen LogP contribution in [-0.4, -0.2) is 33.3 Å². The number of carbonyl (C=O) groups excluding carboxylic acids is 2. The second-order valence-corrected chi connectivity index (χ2v) is 6.82. The summed E-state index contributed by atoms with van der Waals surface area (Å²) in [5, 5.41) is 5.51. The highest BCUT2D eigenvalue weighted by atomic mass is 79.9. The molecule has 2 amide bonds. The second-order valence-electron chi connectivity index (χ2n) is 5.91. The molecule has 1 heterocycles. The van der Waals surface area contributed by atoms with Crippen LogP contribution < -0.4 is 20.1 Å². The Morgan fingerprint density at radius 2 is 1.79 bits per heavy atom. The number of urea groups is 1. The summed E-state index contributed by atoms with van der Waals surface area (Å²) >= 11 is 3.44. The zero-order valence-electron chi connectivity index (χ0n) is 15.5. The van der Waals surface area contributed by atoms with E-state index in [0.29, 0.717) is 32.8 Å². The maximum atomic E-state index is 12.7. The van der Waals surface area contributed by atoms with Crippen molar-refractivity contribution in [2.24, 2.45) is 0 Å². The van der Waals surface area contributed by atoms with Crippen LogP contribution in [0.5, 0.6) is 11.5 Å². The van der Waals surface area contributed by atoms with Crippen molar-refractivity contribution < 1.29 is 23.8 Å². The molecule has 146 valence electrons. The Morgan fingerprint density at radius 1 is 1.07 bits per heavy atom. The van der Waals surface area contributed by atoms with Gasteiger partial charge in [-0.3, -0.25) is 0 Å². The van der Waals surface area contributed by atoms with Crippen molar-refractivity contribution in [3.63, 3.8) is 0 Å². The quantitative estimate of drug-likeness (QED) is 0.687. The van der Waals surface area contributed by atoms with Crippen molar-refractivity contribution in [2.45, 2.75) is 6.04 Å². The topological polar surface area (TPSA) is 85.9 Å². The fourth-order valence-corrected chi connectivity index (χ4v) is 3.59. The van der Waals surface area contributed by atoms with Gasteiger partial charge in [-0.25, -0.2) is 9.59 Å². The van der Waals surface area contributed by atoms with Crippen molar-refractivity contribution in [1.82, 2.24) is 10.6 Å². The summed E-state index contributed by atoms with van der Waals surface area (Å²) in [6.45, 7) is 0. The van der Waals surface area contributed by atoms with E-state index in [0.717, 1.165) is 0 Å². The van der Waals surface area contributed by atoms with E-state index in [-0.39, 0.29) is 5.57 Å². The number of nitrogens with one attached hydrogen (secondary N) is 2. The third-order valence-electron chi connectivity index (χ3n) is 4.32. The van der Waals surface area contributed by atoms with Gasteiger partial charge in [0.05, 0.1) is 38.6 Å². The Morgan fingerprint density at radius 3 is 2.39 bits per heavy atom. The van der Waals surface area contributed by atoms with Gasteiger partial charge < -0.3 is 24.8 Å². The number of rotatable bonds is 5. The lowest BCUT2D eigenvalue weighted by Gasteiger charge is -2.30. The molecule has 7 nitrogen and oxygen atoms in total. The van der Waals surface area contributed by atoms with Crippen LogP contribution >= 0.6 is 15.9 Å². The Balaban J connectivity index is 2.29.